The standard InChI is InChI=1S/C23H25BrN4O6/c1-23(22(32-2)33-3)21(29)20(17-12-16(28(30)31)8-9-18(17)34-23)27(13-19-25-10-11-26-19)15-6-4-14(24)5-7-15/h4-12,20-22,29H,13H2,1-3H3,(H,25,26)/t20-,21+,23+/m0/s1. The molecular formula is C23H25BrN4O6. The van der Waals surface area contributed by atoms with Crippen molar-refractivity contribution in [2.75, 3.05) is 19.1 Å². The maximum atomic E-state index is 11.8. The van der Waals surface area contributed by atoms with Gasteiger partial charge in [0.25, 0.3) is 5.69 Å². The number of imidazole rings is 1. The number of methoxy groups -OCH3 is 2. The van der Waals surface area contributed by atoms with E-state index in [0.29, 0.717) is 23.7 Å². The first kappa shape index (κ1) is 24.1. The van der Waals surface area contributed by atoms with Gasteiger partial charge in [-0.3, -0.25) is 10.1 Å². The highest BCUT2D eigenvalue weighted by Crippen LogP contribution is 2.47. The monoisotopic (exact) mass is 532 g/mol. The lowest BCUT2D eigenvalue weighted by Gasteiger charge is -2.49. The lowest BCUT2D eigenvalue weighted by Crippen LogP contribution is -2.62. The van der Waals surface area contributed by atoms with Crippen molar-refractivity contribution in [1.29, 1.82) is 0 Å². The van der Waals surface area contributed by atoms with Crippen molar-refractivity contribution in [2.24, 2.45) is 0 Å². The lowest BCUT2D eigenvalue weighted by atomic mass is 9.83. The maximum absolute atomic E-state index is 11.8. The molecular weight excluding hydrogens is 508 g/mol. The van der Waals surface area contributed by atoms with Crippen molar-refractivity contribution in [3.63, 3.8) is 0 Å². The minimum Gasteiger partial charge on any atom is -0.479 e. The predicted molar refractivity (Wildman–Crippen MR) is 128 cm³/mol. The number of halogens is 1. The van der Waals surface area contributed by atoms with Gasteiger partial charge in [0.15, 0.2) is 11.9 Å². The van der Waals surface area contributed by atoms with Gasteiger partial charge < -0.3 is 29.2 Å². The van der Waals surface area contributed by atoms with Gasteiger partial charge in [0, 0.05) is 54.5 Å². The number of benzene rings is 2. The van der Waals surface area contributed by atoms with Gasteiger partial charge in [-0.1, -0.05) is 15.9 Å². The van der Waals surface area contributed by atoms with Gasteiger partial charge in [0.2, 0.25) is 0 Å². The Hall–Kier alpha value is -2.99. The molecule has 180 valence electrons. The van der Waals surface area contributed by atoms with E-state index < -0.39 is 29.0 Å². The average Bonchev–Trinajstić information content (AvgIpc) is 3.33. The van der Waals surface area contributed by atoms with E-state index in [2.05, 4.69) is 25.9 Å². The third kappa shape index (κ3) is 4.39. The van der Waals surface area contributed by atoms with E-state index in [1.165, 1.54) is 26.4 Å². The van der Waals surface area contributed by atoms with E-state index >= 15 is 0 Å². The van der Waals surface area contributed by atoms with Crippen molar-refractivity contribution < 1.29 is 24.2 Å². The largest absolute Gasteiger partial charge is 0.479 e. The second kappa shape index (κ2) is 9.71. The fraction of sp³-hybridized carbons (Fsp3) is 0.348. The molecule has 4 rings (SSSR count). The second-order valence-corrected chi connectivity index (χ2v) is 9.01. The SMILES string of the molecule is COC(OC)[C@]1(C)Oc2ccc([N+](=O)[O-])cc2[C@H](N(Cc2ncc[nH]2)c2ccc(Br)cc2)[C@H]1O. The van der Waals surface area contributed by atoms with Gasteiger partial charge in [0.1, 0.15) is 17.7 Å². The molecule has 0 saturated carbocycles. The normalized spacial score (nSPS) is 21.7. The van der Waals surface area contributed by atoms with Crippen molar-refractivity contribution >= 4 is 27.3 Å². The molecule has 0 spiro atoms. The molecule has 10 nitrogen and oxygen atoms in total. The Kier molecular flexibility index (Phi) is 6.89. The Balaban J connectivity index is 1.92. The molecule has 0 bridgehead atoms. The van der Waals surface area contributed by atoms with Crippen molar-refractivity contribution in [2.45, 2.75) is 37.5 Å². The number of hydrogen-bond donors (Lipinski definition) is 2. The minimum atomic E-state index is -1.33. The van der Waals surface area contributed by atoms with Gasteiger partial charge in [-0.15, -0.1) is 0 Å². The highest BCUT2D eigenvalue weighted by atomic mass is 79.9. The number of non-ortho nitro benzene ring substituents is 1. The van der Waals surface area contributed by atoms with Crippen molar-refractivity contribution in [3.05, 3.63) is 80.8 Å². The Morgan fingerprint density at radius 2 is 2.00 bits per heavy atom. The van der Waals surface area contributed by atoms with E-state index in [4.69, 9.17) is 14.2 Å². The first-order valence-electron chi connectivity index (χ1n) is 10.5. The summed E-state index contributed by atoms with van der Waals surface area (Å²) in [7, 11) is 2.93. The summed E-state index contributed by atoms with van der Waals surface area (Å²) in [5.74, 6) is 1.05. The number of anilines is 1. The molecule has 11 heteroatoms. The van der Waals surface area contributed by atoms with Crippen LogP contribution in [0.3, 0.4) is 0 Å². The first-order valence-corrected chi connectivity index (χ1v) is 11.3. The van der Waals surface area contributed by atoms with Gasteiger partial charge in [-0.25, -0.2) is 4.98 Å². The average molecular weight is 533 g/mol. The molecule has 1 aliphatic heterocycles. The fourth-order valence-electron chi connectivity index (χ4n) is 4.37. The number of aromatic nitrogens is 2. The predicted octanol–water partition coefficient (Wildman–Crippen LogP) is 3.96. The number of nitrogens with one attached hydrogen (secondary N) is 1. The van der Waals surface area contributed by atoms with E-state index in [0.717, 1.165) is 10.2 Å². The van der Waals surface area contributed by atoms with Gasteiger partial charge in [-0.05, 0) is 37.3 Å². The van der Waals surface area contributed by atoms with E-state index in [1.807, 2.05) is 29.2 Å². The van der Waals surface area contributed by atoms with Crippen LogP contribution in [0.1, 0.15) is 24.4 Å². The van der Waals surface area contributed by atoms with Crippen LogP contribution in [0.25, 0.3) is 0 Å². The Morgan fingerprint density at radius 1 is 1.29 bits per heavy atom. The molecule has 0 saturated heterocycles. The molecule has 0 fully saturated rings. The summed E-state index contributed by atoms with van der Waals surface area (Å²) in [4.78, 5) is 20.5. The Labute approximate surface area is 204 Å². The number of hydrogen-bond acceptors (Lipinski definition) is 8. The second-order valence-electron chi connectivity index (χ2n) is 8.10. The maximum Gasteiger partial charge on any atom is 0.270 e. The third-order valence-electron chi connectivity index (χ3n) is 6.00. The van der Waals surface area contributed by atoms with Crippen LogP contribution in [-0.4, -0.2) is 52.2 Å². The highest BCUT2D eigenvalue weighted by molar-refractivity contribution is 9.10. The molecule has 2 heterocycles. The molecule has 3 aromatic rings. The van der Waals surface area contributed by atoms with Crippen LogP contribution in [0.4, 0.5) is 11.4 Å². The number of fused-ring (bicyclic) bond motifs is 1. The topological polar surface area (TPSA) is 123 Å². The first-order chi connectivity index (χ1) is 16.3. The summed E-state index contributed by atoms with van der Waals surface area (Å²) in [6, 6.07) is 11.2. The number of aliphatic hydroxyl groups excluding tert-OH is 1. The molecule has 1 aliphatic rings. The molecule has 3 atom stereocenters. The van der Waals surface area contributed by atoms with Crippen molar-refractivity contribution in [1.82, 2.24) is 9.97 Å². The Morgan fingerprint density at radius 3 is 2.59 bits per heavy atom. The number of nitro groups is 1. The van der Waals surface area contributed by atoms with E-state index in [1.54, 1.807) is 25.4 Å². The Bertz CT molecular complexity index is 1140. The van der Waals surface area contributed by atoms with Crippen LogP contribution in [0.2, 0.25) is 0 Å². The van der Waals surface area contributed by atoms with Crippen LogP contribution in [-0.2, 0) is 16.0 Å². The number of aromatic amines is 1. The summed E-state index contributed by atoms with van der Waals surface area (Å²) in [6.45, 7) is 1.98. The quantitative estimate of drug-likeness (QED) is 0.254. The fourth-order valence-corrected chi connectivity index (χ4v) is 4.64. The molecule has 0 unspecified atom stereocenters. The van der Waals surface area contributed by atoms with E-state index in [-0.39, 0.29) is 5.69 Å². The van der Waals surface area contributed by atoms with Crippen LogP contribution >= 0.6 is 15.9 Å². The molecule has 34 heavy (non-hydrogen) atoms. The zero-order chi connectivity index (χ0) is 24.5. The smallest absolute Gasteiger partial charge is 0.270 e. The van der Waals surface area contributed by atoms with Crippen LogP contribution < -0.4 is 9.64 Å². The van der Waals surface area contributed by atoms with Gasteiger partial charge >= 0.3 is 0 Å². The molecule has 2 N–H and O–H groups in total. The molecule has 2 aromatic carbocycles. The number of H-pyrrole nitrogens is 1. The van der Waals surface area contributed by atoms with Crippen molar-refractivity contribution in [3.8, 4) is 5.75 Å². The number of nitro benzene ring substituents is 1. The molecule has 0 aliphatic carbocycles. The third-order valence-corrected chi connectivity index (χ3v) is 6.53. The van der Waals surface area contributed by atoms with Crippen LogP contribution in [0.5, 0.6) is 5.75 Å². The summed E-state index contributed by atoms with van der Waals surface area (Å²) >= 11 is 3.46. The zero-order valence-corrected chi connectivity index (χ0v) is 20.4. The van der Waals surface area contributed by atoms with Crippen LogP contribution in [0, 0.1) is 10.1 Å². The summed E-state index contributed by atoms with van der Waals surface area (Å²) in [6.07, 6.45) is 1.24. The van der Waals surface area contributed by atoms with Crippen LogP contribution in [0.15, 0.2) is 59.3 Å². The van der Waals surface area contributed by atoms with Gasteiger partial charge in [-0.2, -0.15) is 0 Å². The molecule has 0 radical (unpaired) electrons. The zero-order valence-electron chi connectivity index (χ0n) is 18.8. The summed E-state index contributed by atoms with van der Waals surface area (Å²) in [5, 5.41) is 23.3. The number of rotatable bonds is 8. The molecule has 1 aromatic heterocycles. The highest BCUT2D eigenvalue weighted by Gasteiger charge is 2.54. The molecule has 0 amide bonds. The number of nitrogens with zero attached hydrogens (tertiary/aromatic N) is 3. The van der Waals surface area contributed by atoms with E-state index in [9.17, 15) is 15.2 Å². The summed E-state index contributed by atoms with van der Waals surface area (Å²) < 4.78 is 18.1. The minimum absolute atomic E-state index is 0.105. The number of ether oxygens (including phenoxy) is 3. The van der Waals surface area contributed by atoms with Gasteiger partial charge in [0.05, 0.1) is 17.5 Å². The lowest BCUT2D eigenvalue weighted by molar-refractivity contribution is -0.385. The summed E-state index contributed by atoms with van der Waals surface area (Å²) in [5.41, 5.74) is -0.183. The number of aliphatic hydroxyl groups is 1.